The zero-order chi connectivity index (χ0) is 18.6. The number of halogens is 1. The Morgan fingerprint density at radius 2 is 2.00 bits per heavy atom. The molecule has 0 radical (unpaired) electrons. The Bertz CT molecular complexity index is 756. The van der Waals surface area contributed by atoms with Crippen molar-refractivity contribution >= 4 is 5.96 Å². The second kappa shape index (κ2) is 10.7. The number of ether oxygens (including phenoxy) is 1. The summed E-state index contributed by atoms with van der Waals surface area (Å²) in [6.07, 6.45) is 0.810. The number of benzene rings is 2. The number of aliphatic imine (C=N–C) groups is 1. The molecule has 2 N–H and O–H groups in total. The van der Waals surface area contributed by atoms with Gasteiger partial charge in [-0.05, 0) is 37.6 Å². The van der Waals surface area contributed by atoms with E-state index in [1.807, 2.05) is 43.3 Å². The molecule has 2 aromatic carbocycles. The molecule has 0 atom stereocenters. The van der Waals surface area contributed by atoms with Crippen LogP contribution in [0.3, 0.4) is 0 Å². The first-order valence-electron chi connectivity index (χ1n) is 8.61. The molecule has 2 aromatic rings. The minimum Gasteiger partial charge on any atom is -0.494 e. The highest BCUT2D eigenvalue weighted by molar-refractivity contribution is 5.79. The molecule has 0 saturated carbocycles. The summed E-state index contributed by atoms with van der Waals surface area (Å²) >= 11 is 0. The highest BCUT2D eigenvalue weighted by atomic mass is 19.1. The number of hydrogen-bond acceptors (Lipinski definition) is 3. The fourth-order valence-corrected chi connectivity index (χ4v) is 2.24. The molecular weight excluding hydrogens is 331 g/mol. The van der Waals surface area contributed by atoms with E-state index in [2.05, 4.69) is 15.6 Å². The standard InChI is InChI=1S/C20H23FN4O/c1-2-23-20(24-11-6-12-26-18-7-4-3-5-8-18)25-15-17-10-9-16(14-22)13-19(17)21/h3-5,7-10,13H,2,6,11-12,15H2,1H3,(H2,23,24,25). The van der Waals surface area contributed by atoms with Crippen molar-refractivity contribution in [1.82, 2.24) is 10.6 Å². The molecule has 136 valence electrons. The van der Waals surface area contributed by atoms with Crippen LogP contribution in [-0.4, -0.2) is 25.7 Å². The van der Waals surface area contributed by atoms with Crippen molar-refractivity contribution in [3.05, 3.63) is 65.5 Å². The van der Waals surface area contributed by atoms with Gasteiger partial charge in [0.25, 0.3) is 0 Å². The molecule has 0 aliphatic heterocycles. The number of nitrogens with one attached hydrogen (secondary N) is 2. The molecule has 2 rings (SSSR count). The van der Waals surface area contributed by atoms with Crippen LogP contribution in [0.15, 0.2) is 53.5 Å². The zero-order valence-electron chi connectivity index (χ0n) is 14.8. The van der Waals surface area contributed by atoms with E-state index >= 15 is 0 Å². The van der Waals surface area contributed by atoms with E-state index in [4.69, 9.17) is 10.00 Å². The van der Waals surface area contributed by atoms with Gasteiger partial charge in [0.1, 0.15) is 11.6 Å². The number of nitrogens with zero attached hydrogens (tertiary/aromatic N) is 2. The van der Waals surface area contributed by atoms with Crippen LogP contribution in [0.1, 0.15) is 24.5 Å². The maximum Gasteiger partial charge on any atom is 0.191 e. The van der Waals surface area contributed by atoms with Crippen LogP contribution < -0.4 is 15.4 Å². The number of nitriles is 1. The minimum atomic E-state index is -0.417. The van der Waals surface area contributed by atoms with Gasteiger partial charge in [-0.2, -0.15) is 5.26 Å². The van der Waals surface area contributed by atoms with Gasteiger partial charge in [-0.25, -0.2) is 9.38 Å². The van der Waals surface area contributed by atoms with E-state index in [0.717, 1.165) is 12.2 Å². The van der Waals surface area contributed by atoms with Gasteiger partial charge in [0.15, 0.2) is 5.96 Å². The van der Waals surface area contributed by atoms with Crippen LogP contribution in [0.4, 0.5) is 4.39 Å². The van der Waals surface area contributed by atoms with Gasteiger partial charge in [-0.15, -0.1) is 0 Å². The largest absolute Gasteiger partial charge is 0.494 e. The zero-order valence-corrected chi connectivity index (χ0v) is 14.8. The van der Waals surface area contributed by atoms with Crippen molar-refractivity contribution in [2.24, 2.45) is 4.99 Å². The van der Waals surface area contributed by atoms with Crippen LogP contribution in [0.2, 0.25) is 0 Å². The Morgan fingerprint density at radius 1 is 1.19 bits per heavy atom. The first-order chi connectivity index (χ1) is 12.7. The van der Waals surface area contributed by atoms with E-state index in [-0.39, 0.29) is 6.54 Å². The van der Waals surface area contributed by atoms with Gasteiger partial charge in [-0.3, -0.25) is 0 Å². The normalized spacial score (nSPS) is 10.9. The second-order valence-corrected chi connectivity index (χ2v) is 5.56. The van der Waals surface area contributed by atoms with Crippen LogP contribution in [-0.2, 0) is 6.54 Å². The minimum absolute atomic E-state index is 0.202. The van der Waals surface area contributed by atoms with Gasteiger partial charge < -0.3 is 15.4 Å². The van der Waals surface area contributed by atoms with E-state index in [1.54, 1.807) is 12.1 Å². The fraction of sp³-hybridized carbons (Fsp3) is 0.300. The van der Waals surface area contributed by atoms with Crippen molar-refractivity contribution in [2.75, 3.05) is 19.7 Å². The molecule has 0 fully saturated rings. The molecule has 0 spiro atoms. The average molecular weight is 354 g/mol. The van der Waals surface area contributed by atoms with Crippen molar-refractivity contribution in [3.8, 4) is 11.8 Å². The lowest BCUT2D eigenvalue weighted by atomic mass is 10.1. The molecule has 5 nitrogen and oxygen atoms in total. The third-order valence-corrected chi connectivity index (χ3v) is 3.56. The molecular formula is C20H23FN4O. The van der Waals surface area contributed by atoms with Crippen LogP contribution in [0, 0.1) is 17.1 Å². The van der Waals surface area contributed by atoms with Gasteiger partial charge in [0.2, 0.25) is 0 Å². The molecule has 0 amide bonds. The van der Waals surface area contributed by atoms with Crippen LogP contribution >= 0.6 is 0 Å². The van der Waals surface area contributed by atoms with Crippen LogP contribution in [0.5, 0.6) is 5.75 Å². The third kappa shape index (κ3) is 6.44. The highest BCUT2D eigenvalue weighted by Crippen LogP contribution is 2.11. The summed E-state index contributed by atoms with van der Waals surface area (Å²) in [6, 6.07) is 16.0. The first-order valence-corrected chi connectivity index (χ1v) is 8.61. The Hall–Kier alpha value is -3.07. The summed E-state index contributed by atoms with van der Waals surface area (Å²) in [5, 5.41) is 15.1. The predicted molar refractivity (Wildman–Crippen MR) is 100 cm³/mol. The third-order valence-electron chi connectivity index (χ3n) is 3.56. The SMILES string of the molecule is CCNC(=NCc1ccc(C#N)cc1F)NCCCOc1ccccc1. The molecule has 0 unspecified atom stereocenters. The smallest absolute Gasteiger partial charge is 0.191 e. The summed E-state index contributed by atoms with van der Waals surface area (Å²) in [5.74, 6) is 1.06. The summed E-state index contributed by atoms with van der Waals surface area (Å²) < 4.78 is 19.5. The quantitative estimate of drug-likeness (QED) is 0.434. The van der Waals surface area contributed by atoms with E-state index in [9.17, 15) is 4.39 Å². The Labute approximate surface area is 153 Å². The number of hydrogen-bond donors (Lipinski definition) is 2. The van der Waals surface area contributed by atoms with Crippen LogP contribution in [0.25, 0.3) is 0 Å². The second-order valence-electron chi connectivity index (χ2n) is 5.56. The number of para-hydroxylation sites is 1. The fourth-order valence-electron chi connectivity index (χ4n) is 2.24. The monoisotopic (exact) mass is 354 g/mol. The molecule has 0 saturated heterocycles. The van der Waals surface area contributed by atoms with E-state index in [0.29, 0.717) is 36.8 Å². The lowest BCUT2D eigenvalue weighted by Gasteiger charge is -2.12. The maximum absolute atomic E-state index is 13.9. The lowest BCUT2D eigenvalue weighted by Crippen LogP contribution is -2.38. The van der Waals surface area contributed by atoms with E-state index in [1.165, 1.54) is 6.07 Å². The molecule has 26 heavy (non-hydrogen) atoms. The van der Waals surface area contributed by atoms with Crippen molar-refractivity contribution in [2.45, 2.75) is 19.9 Å². The molecule has 6 heteroatoms. The van der Waals surface area contributed by atoms with Gasteiger partial charge in [0.05, 0.1) is 24.8 Å². The average Bonchev–Trinajstić information content (AvgIpc) is 2.67. The van der Waals surface area contributed by atoms with Gasteiger partial charge in [0, 0.05) is 18.7 Å². The predicted octanol–water partition coefficient (Wildman–Crippen LogP) is 3.22. The van der Waals surface area contributed by atoms with Gasteiger partial charge in [-0.1, -0.05) is 24.3 Å². The van der Waals surface area contributed by atoms with E-state index < -0.39 is 5.82 Å². The summed E-state index contributed by atoms with van der Waals surface area (Å²) in [4.78, 5) is 4.39. The highest BCUT2D eigenvalue weighted by Gasteiger charge is 2.04. The summed E-state index contributed by atoms with van der Waals surface area (Å²) in [7, 11) is 0. The van der Waals surface area contributed by atoms with Gasteiger partial charge >= 0.3 is 0 Å². The van der Waals surface area contributed by atoms with Crippen molar-refractivity contribution < 1.29 is 9.13 Å². The summed E-state index contributed by atoms with van der Waals surface area (Å²) in [5.41, 5.74) is 0.757. The maximum atomic E-state index is 13.9. The molecule has 0 aliphatic carbocycles. The Balaban J connectivity index is 1.80. The Kier molecular flexibility index (Phi) is 7.94. The molecule has 0 bridgehead atoms. The first kappa shape index (κ1) is 19.3. The topological polar surface area (TPSA) is 69.4 Å². The molecule has 0 heterocycles. The lowest BCUT2D eigenvalue weighted by molar-refractivity contribution is 0.311. The number of rotatable bonds is 8. The number of guanidine groups is 1. The van der Waals surface area contributed by atoms with Crippen molar-refractivity contribution in [1.29, 1.82) is 5.26 Å². The summed E-state index contributed by atoms with van der Waals surface area (Å²) in [6.45, 7) is 4.17. The van der Waals surface area contributed by atoms with Crippen molar-refractivity contribution in [3.63, 3.8) is 0 Å². The molecule has 0 aliphatic rings. The molecule has 0 aromatic heterocycles. The Morgan fingerprint density at radius 3 is 2.69 bits per heavy atom.